The molecule has 3 aromatic rings. The van der Waals surface area contributed by atoms with Crippen LogP contribution in [0.25, 0.3) is 11.1 Å². The Bertz CT molecular complexity index is 1230. The third kappa shape index (κ3) is 4.91. The van der Waals surface area contributed by atoms with Crippen molar-refractivity contribution in [2.45, 2.75) is 30.9 Å². The zero-order valence-corrected chi connectivity index (χ0v) is 19.4. The van der Waals surface area contributed by atoms with Gasteiger partial charge in [0.25, 0.3) is 5.91 Å². The number of alkyl halides is 2. The molecule has 2 aliphatic heterocycles. The second-order valence-electron chi connectivity index (χ2n) is 8.66. The van der Waals surface area contributed by atoms with Gasteiger partial charge in [-0.25, -0.2) is 0 Å². The maximum atomic E-state index is 15.2. The quantitative estimate of drug-likeness (QED) is 0.504. The summed E-state index contributed by atoms with van der Waals surface area (Å²) in [6, 6.07) is 6.25. The Morgan fingerprint density at radius 3 is 2.69 bits per heavy atom. The molecule has 2 aromatic heterocycles. The highest BCUT2D eigenvalue weighted by molar-refractivity contribution is 6.31. The summed E-state index contributed by atoms with van der Waals surface area (Å²) >= 11 is 5.85. The van der Waals surface area contributed by atoms with E-state index >= 15 is 8.78 Å². The van der Waals surface area contributed by atoms with Crippen LogP contribution in [0.2, 0.25) is 5.02 Å². The van der Waals surface area contributed by atoms with Crippen LogP contribution in [-0.2, 0) is 10.7 Å². The first-order valence-electron chi connectivity index (χ1n) is 11.4. The second kappa shape index (κ2) is 9.60. The number of likely N-dealkylation sites (tertiary alicyclic amines) is 1. The third-order valence-electron chi connectivity index (χ3n) is 6.19. The lowest BCUT2D eigenvalue weighted by molar-refractivity contribution is -0.151. The van der Waals surface area contributed by atoms with E-state index in [9.17, 15) is 9.90 Å². The highest BCUT2D eigenvalue weighted by Gasteiger charge is 2.46. The molecule has 2 aliphatic rings. The number of nitrogens with one attached hydrogen (secondary N) is 1. The summed E-state index contributed by atoms with van der Waals surface area (Å²) in [6.45, 7) is 2.50. The lowest BCUT2D eigenvalue weighted by Gasteiger charge is -2.30. The Balaban J connectivity index is 1.39. The third-order valence-corrected chi connectivity index (χ3v) is 6.40. The van der Waals surface area contributed by atoms with E-state index in [0.29, 0.717) is 30.3 Å². The fourth-order valence-electron chi connectivity index (χ4n) is 4.36. The van der Waals surface area contributed by atoms with Gasteiger partial charge in [0.15, 0.2) is 22.8 Å². The molecule has 0 saturated carbocycles. The average molecular weight is 508 g/mol. The van der Waals surface area contributed by atoms with Gasteiger partial charge in [0.05, 0.1) is 11.1 Å². The maximum Gasteiger partial charge on any atom is 0.381 e. The molecule has 1 amide bonds. The number of fused-ring (bicyclic) bond motifs is 2. The van der Waals surface area contributed by atoms with Gasteiger partial charge in [0, 0.05) is 24.9 Å². The van der Waals surface area contributed by atoms with Crippen molar-refractivity contribution in [3.8, 4) is 11.5 Å². The van der Waals surface area contributed by atoms with E-state index < -0.39 is 29.7 Å². The van der Waals surface area contributed by atoms with Gasteiger partial charge in [-0.1, -0.05) is 17.7 Å². The number of carbonyl (C=O) groups is 1. The van der Waals surface area contributed by atoms with Gasteiger partial charge in [0.1, 0.15) is 24.8 Å². The standard InChI is InChI=1S/C24H24ClF2N3O5/c25-15-10-19-16(28-12-15)11-21(35-19)24(26,27)23(32)29-17(13-30-5-1-2-6-30)22(31)14-3-4-18-20(9-14)34-8-7-33-18/h3-4,9-12,17,22,31H,1-2,5-8,13H2,(H,29,32)/t17-,22-/m1/s1. The highest BCUT2D eigenvalue weighted by Crippen LogP contribution is 2.36. The van der Waals surface area contributed by atoms with Crippen molar-refractivity contribution >= 4 is 28.6 Å². The molecule has 1 saturated heterocycles. The van der Waals surface area contributed by atoms with Gasteiger partial charge in [-0.3, -0.25) is 9.78 Å². The first kappa shape index (κ1) is 23.8. The van der Waals surface area contributed by atoms with Crippen molar-refractivity contribution in [3.63, 3.8) is 0 Å². The van der Waals surface area contributed by atoms with E-state index in [4.69, 9.17) is 25.5 Å². The molecular formula is C24H24ClF2N3O5. The molecular weight excluding hydrogens is 484 g/mol. The normalized spacial score (nSPS) is 17.9. The predicted octanol–water partition coefficient (Wildman–Crippen LogP) is 3.66. The molecule has 4 heterocycles. The number of pyridine rings is 1. The average Bonchev–Trinajstić information content (AvgIpc) is 3.52. The molecule has 0 radical (unpaired) electrons. The summed E-state index contributed by atoms with van der Waals surface area (Å²) in [7, 11) is 0. The van der Waals surface area contributed by atoms with Crippen LogP contribution in [-0.4, -0.2) is 59.8 Å². The van der Waals surface area contributed by atoms with Crippen molar-refractivity contribution in [2.75, 3.05) is 32.8 Å². The molecule has 2 N–H and O–H groups in total. The Hall–Kier alpha value is -2.95. The molecule has 0 unspecified atom stereocenters. The molecule has 11 heteroatoms. The summed E-state index contributed by atoms with van der Waals surface area (Å²) < 4.78 is 46.6. The van der Waals surface area contributed by atoms with E-state index in [1.807, 2.05) is 4.90 Å². The number of halogens is 3. The van der Waals surface area contributed by atoms with Gasteiger partial charge in [-0.15, -0.1) is 0 Å². The topological polar surface area (TPSA) is 97.1 Å². The minimum absolute atomic E-state index is 0.0462. The van der Waals surface area contributed by atoms with E-state index in [0.717, 1.165) is 32.0 Å². The molecule has 0 bridgehead atoms. The van der Waals surface area contributed by atoms with Gasteiger partial charge in [0.2, 0.25) is 0 Å². The lowest BCUT2D eigenvalue weighted by atomic mass is 10.0. The van der Waals surface area contributed by atoms with E-state index in [1.54, 1.807) is 18.2 Å². The molecule has 8 nitrogen and oxygen atoms in total. The number of amides is 1. The van der Waals surface area contributed by atoms with Crippen molar-refractivity contribution in [1.29, 1.82) is 0 Å². The van der Waals surface area contributed by atoms with E-state index in [-0.39, 0.29) is 22.7 Å². The maximum absolute atomic E-state index is 15.2. The molecule has 1 fully saturated rings. The van der Waals surface area contributed by atoms with Crippen LogP contribution in [0.4, 0.5) is 8.78 Å². The number of hydrogen-bond donors (Lipinski definition) is 2. The Labute approximate surface area is 204 Å². The SMILES string of the molecule is O=C(N[C@H](CN1CCCC1)[C@H](O)c1ccc2c(c1)OCCO2)C(F)(F)c1cc2ncc(Cl)cc2o1. The van der Waals surface area contributed by atoms with Crippen molar-refractivity contribution in [2.24, 2.45) is 0 Å². The van der Waals surface area contributed by atoms with Crippen LogP contribution in [0.15, 0.2) is 40.9 Å². The number of aliphatic hydroxyl groups is 1. The minimum atomic E-state index is -4.00. The molecule has 186 valence electrons. The van der Waals surface area contributed by atoms with Crippen LogP contribution in [0, 0.1) is 0 Å². The predicted molar refractivity (Wildman–Crippen MR) is 123 cm³/mol. The Kier molecular flexibility index (Phi) is 6.52. The van der Waals surface area contributed by atoms with E-state index in [2.05, 4.69) is 10.3 Å². The number of carbonyl (C=O) groups excluding carboxylic acids is 1. The van der Waals surface area contributed by atoms with Gasteiger partial charge in [-0.05, 0) is 43.6 Å². The second-order valence-corrected chi connectivity index (χ2v) is 9.09. The van der Waals surface area contributed by atoms with Crippen LogP contribution in [0.5, 0.6) is 11.5 Å². The summed E-state index contributed by atoms with van der Waals surface area (Å²) in [6.07, 6.45) is 1.97. The molecule has 5 rings (SSSR count). The van der Waals surface area contributed by atoms with Crippen LogP contribution < -0.4 is 14.8 Å². The van der Waals surface area contributed by atoms with Crippen LogP contribution >= 0.6 is 11.6 Å². The smallest absolute Gasteiger partial charge is 0.381 e. The zero-order valence-electron chi connectivity index (χ0n) is 18.7. The van der Waals surface area contributed by atoms with Crippen LogP contribution in [0.1, 0.15) is 30.3 Å². The molecule has 35 heavy (non-hydrogen) atoms. The molecule has 0 aliphatic carbocycles. The zero-order chi connectivity index (χ0) is 24.6. The molecule has 2 atom stereocenters. The molecule has 1 aromatic carbocycles. The number of benzene rings is 1. The van der Waals surface area contributed by atoms with E-state index in [1.165, 1.54) is 12.3 Å². The van der Waals surface area contributed by atoms with Gasteiger partial charge < -0.3 is 29.2 Å². The Morgan fingerprint density at radius 2 is 1.91 bits per heavy atom. The highest BCUT2D eigenvalue weighted by atomic mass is 35.5. The minimum Gasteiger partial charge on any atom is -0.486 e. The lowest BCUT2D eigenvalue weighted by Crippen LogP contribution is -2.50. The van der Waals surface area contributed by atoms with Crippen LogP contribution in [0.3, 0.4) is 0 Å². The first-order valence-corrected chi connectivity index (χ1v) is 11.7. The number of rotatable bonds is 7. The number of aromatic nitrogens is 1. The summed E-state index contributed by atoms with van der Waals surface area (Å²) in [5.41, 5.74) is 0.622. The number of hydrogen-bond acceptors (Lipinski definition) is 7. The van der Waals surface area contributed by atoms with Crippen molar-refractivity contribution in [3.05, 3.63) is 52.9 Å². The van der Waals surface area contributed by atoms with Crippen molar-refractivity contribution in [1.82, 2.24) is 15.2 Å². The monoisotopic (exact) mass is 507 g/mol. The number of furan rings is 1. The fraction of sp³-hybridized carbons (Fsp3) is 0.417. The summed E-state index contributed by atoms with van der Waals surface area (Å²) in [5, 5.41) is 13.7. The summed E-state index contributed by atoms with van der Waals surface area (Å²) in [5.74, 6) is -5.43. The Morgan fingerprint density at radius 1 is 1.17 bits per heavy atom. The van der Waals surface area contributed by atoms with Gasteiger partial charge in [-0.2, -0.15) is 8.78 Å². The number of aliphatic hydroxyl groups excluding tert-OH is 1. The summed E-state index contributed by atoms with van der Waals surface area (Å²) in [4.78, 5) is 18.8. The molecule has 0 spiro atoms. The first-order chi connectivity index (χ1) is 16.8. The largest absolute Gasteiger partial charge is 0.486 e. The number of ether oxygens (including phenoxy) is 2. The van der Waals surface area contributed by atoms with Crippen molar-refractivity contribution < 1.29 is 32.6 Å². The van der Waals surface area contributed by atoms with Gasteiger partial charge >= 0.3 is 5.92 Å². The number of nitrogens with zero attached hydrogens (tertiary/aromatic N) is 2. The fourth-order valence-corrected chi connectivity index (χ4v) is 4.51.